The maximum Gasteiger partial charge on any atom is 0.252 e. The number of anilines is 1. The molecule has 2 aromatic heterocycles. The van der Waals surface area contributed by atoms with Gasteiger partial charge in [0.1, 0.15) is 0 Å². The molecule has 8 heteroatoms. The van der Waals surface area contributed by atoms with E-state index in [0.29, 0.717) is 22.2 Å². The van der Waals surface area contributed by atoms with Gasteiger partial charge in [-0.2, -0.15) is 5.10 Å². The number of aromatic amines is 2. The van der Waals surface area contributed by atoms with Crippen molar-refractivity contribution < 1.29 is 9.59 Å². The van der Waals surface area contributed by atoms with E-state index in [1.54, 1.807) is 18.3 Å². The summed E-state index contributed by atoms with van der Waals surface area (Å²) in [5.74, 6) is -0.409. The number of nitrogens with zero attached hydrogens (tertiary/aromatic N) is 1. The van der Waals surface area contributed by atoms with Gasteiger partial charge in [-0.05, 0) is 49.1 Å². The zero-order chi connectivity index (χ0) is 22.8. The van der Waals surface area contributed by atoms with E-state index in [1.807, 2.05) is 42.5 Å². The zero-order valence-electron chi connectivity index (χ0n) is 17.9. The van der Waals surface area contributed by atoms with Gasteiger partial charge in [-0.1, -0.05) is 30.3 Å². The maximum absolute atomic E-state index is 13.2. The van der Waals surface area contributed by atoms with Crippen molar-refractivity contribution in [1.29, 1.82) is 0 Å². The summed E-state index contributed by atoms with van der Waals surface area (Å²) >= 11 is 0. The Bertz CT molecular complexity index is 1370. The standard InChI is InChI=1S/C25H23N5O3/c31-22(14-18-10-13-26-30-18)27-17-8-6-16(7-9-17)25(11-3-12-25)29-24(33)20-15-23(32)28-21-5-2-1-4-19(20)21/h1-2,4-10,13,15H,3,11-12,14H2,(H,26,30)(H,27,31)(H,28,32)(H,29,33). The SMILES string of the molecule is O=C(Cc1ccn[nH]1)Nc1ccc(C2(NC(=O)c3cc(=O)[nH]c4ccccc34)CCC2)cc1. The molecule has 2 aromatic carbocycles. The number of pyridine rings is 1. The Balaban J connectivity index is 1.34. The number of carbonyl (C=O) groups is 2. The van der Waals surface area contributed by atoms with Crippen LogP contribution in [0.4, 0.5) is 5.69 Å². The Morgan fingerprint density at radius 3 is 2.52 bits per heavy atom. The fourth-order valence-electron chi connectivity index (χ4n) is 4.33. The lowest BCUT2D eigenvalue weighted by Gasteiger charge is -2.43. The molecule has 1 saturated carbocycles. The molecule has 1 aliphatic rings. The Morgan fingerprint density at radius 1 is 1.03 bits per heavy atom. The lowest BCUT2D eigenvalue weighted by molar-refractivity contribution is -0.115. The minimum absolute atomic E-state index is 0.139. The van der Waals surface area contributed by atoms with Crippen LogP contribution in [0.15, 0.2) is 71.7 Å². The Morgan fingerprint density at radius 2 is 1.82 bits per heavy atom. The molecule has 0 spiro atoms. The fourth-order valence-corrected chi connectivity index (χ4v) is 4.33. The van der Waals surface area contributed by atoms with Crippen molar-refractivity contribution in [3.05, 3.63) is 94.0 Å². The van der Waals surface area contributed by atoms with Gasteiger partial charge in [0.2, 0.25) is 11.5 Å². The van der Waals surface area contributed by atoms with E-state index in [2.05, 4.69) is 25.8 Å². The highest BCUT2D eigenvalue weighted by atomic mass is 16.2. The minimum atomic E-state index is -0.487. The third-order valence-electron chi connectivity index (χ3n) is 6.19. The van der Waals surface area contributed by atoms with Crippen LogP contribution in [0.1, 0.15) is 40.9 Å². The summed E-state index contributed by atoms with van der Waals surface area (Å²) in [6.45, 7) is 0. The molecule has 2 amide bonds. The van der Waals surface area contributed by atoms with Crippen molar-refractivity contribution in [2.75, 3.05) is 5.32 Å². The number of H-pyrrole nitrogens is 2. The van der Waals surface area contributed by atoms with Gasteiger partial charge < -0.3 is 15.6 Å². The molecule has 8 nitrogen and oxygen atoms in total. The Hall–Kier alpha value is -4.20. The second kappa shape index (κ2) is 8.38. The van der Waals surface area contributed by atoms with Crippen LogP contribution in [-0.2, 0) is 16.8 Å². The lowest BCUT2D eigenvalue weighted by Crippen LogP contribution is -2.51. The zero-order valence-corrected chi connectivity index (χ0v) is 17.9. The van der Waals surface area contributed by atoms with E-state index in [1.165, 1.54) is 6.07 Å². The fraction of sp³-hybridized carbons (Fsp3) is 0.200. The first-order valence-electron chi connectivity index (χ1n) is 10.9. The molecule has 0 radical (unpaired) electrons. The van der Waals surface area contributed by atoms with Crippen LogP contribution in [0.2, 0.25) is 0 Å². The van der Waals surface area contributed by atoms with Gasteiger partial charge in [-0.15, -0.1) is 0 Å². The van der Waals surface area contributed by atoms with Crippen LogP contribution in [0.3, 0.4) is 0 Å². The maximum atomic E-state index is 13.2. The van der Waals surface area contributed by atoms with Gasteiger partial charge in [-0.3, -0.25) is 19.5 Å². The highest BCUT2D eigenvalue weighted by Gasteiger charge is 2.40. The van der Waals surface area contributed by atoms with E-state index in [9.17, 15) is 14.4 Å². The normalized spacial score (nSPS) is 14.4. The number of benzene rings is 2. The third kappa shape index (κ3) is 4.15. The van der Waals surface area contributed by atoms with E-state index >= 15 is 0 Å². The number of rotatable bonds is 6. The van der Waals surface area contributed by atoms with Crippen molar-refractivity contribution in [3.63, 3.8) is 0 Å². The van der Waals surface area contributed by atoms with Crippen LogP contribution < -0.4 is 16.2 Å². The molecule has 1 fully saturated rings. The summed E-state index contributed by atoms with van der Waals surface area (Å²) in [6.07, 6.45) is 4.44. The summed E-state index contributed by atoms with van der Waals surface area (Å²) < 4.78 is 0. The molecule has 0 aliphatic heterocycles. The molecule has 1 aliphatic carbocycles. The minimum Gasteiger partial charge on any atom is -0.343 e. The number of amides is 2. The monoisotopic (exact) mass is 441 g/mol. The van der Waals surface area contributed by atoms with Gasteiger partial charge in [0, 0.05) is 34.5 Å². The van der Waals surface area contributed by atoms with Gasteiger partial charge >= 0.3 is 0 Å². The molecule has 0 saturated heterocycles. The van der Waals surface area contributed by atoms with Gasteiger partial charge in [0.15, 0.2) is 0 Å². The predicted octanol–water partition coefficient (Wildman–Crippen LogP) is 3.24. The van der Waals surface area contributed by atoms with Crippen molar-refractivity contribution in [3.8, 4) is 0 Å². The number of nitrogens with one attached hydrogen (secondary N) is 4. The van der Waals surface area contributed by atoms with E-state index in [-0.39, 0.29) is 23.8 Å². The van der Waals surface area contributed by atoms with Crippen LogP contribution >= 0.6 is 0 Å². The van der Waals surface area contributed by atoms with Gasteiger partial charge in [0.25, 0.3) is 5.91 Å². The number of carbonyl (C=O) groups excluding carboxylic acids is 2. The predicted molar refractivity (Wildman–Crippen MR) is 125 cm³/mol. The number of hydrogen-bond acceptors (Lipinski definition) is 4. The van der Waals surface area contributed by atoms with Crippen LogP contribution in [0, 0.1) is 0 Å². The highest BCUT2D eigenvalue weighted by molar-refractivity contribution is 6.06. The molecule has 4 aromatic rings. The van der Waals surface area contributed by atoms with Crippen LogP contribution in [0.5, 0.6) is 0 Å². The molecular formula is C25H23N5O3. The molecular weight excluding hydrogens is 418 g/mol. The van der Waals surface area contributed by atoms with Crippen molar-refractivity contribution in [1.82, 2.24) is 20.5 Å². The molecule has 5 rings (SSSR count). The molecule has 0 atom stereocenters. The van der Waals surface area contributed by atoms with Crippen LogP contribution in [0.25, 0.3) is 10.9 Å². The largest absolute Gasteiger partial charge is 0.343 e. The topological polar surface area (TPSA) is 120 Å². The molecule has 0 unspecified atom stereocenters. The van der Waals surface area contributed by atoms with Gasteiger partial charge in [-0.25, -0.2) is 0 Å². The second-order valence-electron chi connectivity index (χ2n) is 8.37. The third-order valence-corrected chi connectivity index (χ3v) is 6.19. The van der Waals surface area contributed by atoms with E-state index < -0.39 is 5.54 Å². The molecule has 0 bridgehead atoms. The first kappa shape index (κ1) is 20.7. The molecule has 4 N–H and O–H groups in total. The summed E-state index contributed by atoms with van der Waals surface area (Å²) in [6, 6.07) is 17.9. The smallest absolute Gasteiger partial charge is 0.252 e. The Labute approximate surface area is 189 Å². The van der Waals surface area contributed by atoms with E-state index in [4.69, 9.17) is 0 Å². The summed E-state index contributed by atoms with van der Waals surface area (Å²) in [7, 11) is 0. The quantitative estimate of drug-likeness (QED) is 0.367. The molecule has 33 heavy (non-hydrogen) atoms. The van der Waals surface area contributed by atoms with Gasteiger partial charge in [0.05, 0.1) is 17.5 Å². The van der Waals surface area contributed by atoms with Crippen molar-refractivity contribution in [2.45, 2.75) is 31.2 Å². The average molecular weight is 441 g/mol. The summed E-state index contributed by atoms with van der Waals surface area (Å²) in [5.41, 5.74) is 2.60. The lowest BCUT2D eigenvalue weighted by atomic mass is 9.71. The second-order valence-corrected chi connectivity index (χ2v) is 8.37. The molecule has 166 valence electrons. The van der Waals surface area contributed by atoms with Crippen molar-refractivity contribution in [2.24, 2.45) is 0 Å². The molecule has 2 heterocycles. The first-order valence-corrected chi connectivity index (χ1v) is 10.9. The first-order chi connectivity index (χ1) is 16.0. The summed E-state index contributed by atoms with van der Waals surface area (Å²) in [5, 5.41) is 13.4. The average Bonchev–Trinajstić information content (AvgIpc) is 3.29. The van der Waals surface area contributed by atoms with E-state index in [0.717, 1.165) is 30.5 Å². The number of hydrogen-bond donors (Lipinski definition) is 4. The van der Waals surface area contributed by atoms with Crippen molar-refractivity contribution >= 4 is 28.4 Å². The number of para-hydroxylation sites is 1. The highest BCUT2D eigenvalue weighted by Crippen LogP contribution is 2.42. The Kier molecular flexibility index (Phi) is 5.26. The summed E-state index contributed by atoms with van der Waals surface area (Å²) in [4.78, 5) is 40.3. The van der Waals surface area contributed by atoms with Crippen LogP contribution in [-0.4, -0.2) is 27.0 Å². The number of fused-ring (bicyclic) bond motifs is 1. The number of aromatic nitrogens is 3.